The maximum Gasteiger partial charge on any atom is 0.223 e. The maximum atomic E-state index is 6.05. The fourth-order valence-corrected chi connectivity index (χ4v) is 4.14. The average molecular weight is 320 g/mol. The first-order valence-electron chi connectivity index (χ1n) is 7.64. The topological polar surface area (TPSA) is 41.6 Å². The molecule has 0 saturated heterocycles. The lowest BCUT2D eigenvalue weighted by Gasteiger charge is -2.22. The molecule has 0 atom stereocenters. The van der Waals surface area contributed by atoms with Crippen molar-refractivity contribution in [3.63, 3.8) is 0 Å². The molecular formula is C19H14ClN3. The second-order valence-corrected chi connectivity index (χ2v) is 6.95. The average Bonchev–Trinajstić information content (AvgIpc) is 3.01. The van der Waals surface area contributed by atoms with E-state index in [-0.39, 0.29) is 10.7 Å². The lowest BCUT2D eigenvalue weighted by Crippen LogP contribution is -2.15. The van der Waals surface area contributed by atoms with Gasteiger partial charge >= 0.3 is 0 Å². The van der Waals surface area contributed by atoms with Gasteiger partial charge in [-0.2, -0.15) is 0 Å². The van der Waals surface area contributed by atoms with Crippen LogP contribution in [0.25, 0.3) is 33.1 Å². The van der Waals surface area contributed by atoms with Crippen LogP contribution in [-0.4, -0.2) is 15.0 Å². The van der Waals surface area contributed by atoms with Crippen molar-refractivity contribution in [3.8, 4) is 11.1 Å². The van der Waals surface area contributed by atoms with Crippen molar-refractivity contribution >= 4 is 33.5 Å². The molecule has 2 aromatic carbocycles. The van der Waals surface area contributed by atoms with Crippen LogP contribution in [0.1, 0.15) is 25.0 Å². The molecule has 0 amide bonds. The molecule has 0 radical (unpaired) electrons. The molecule has 2 aromatic heterocycles. The number of nitrogens with one attached hydrogen (secondary N) is 1. The van der Waals surface area contributed by atoms with Crippen LogP contribution in [0.4, 0.5) is 0 Å². The minimum atomic E-state index is -0.0714. The lowest BCUT2D eigenvalue weighted by molar-refractivity contribution is 0.666. The van der Waals surface area contributed by atoms with Crippen LogP contribution >= 0.6 is 11.6 Å². The summed E-state index contributed by atoms with van der Waals surface area (Å²) in [5.74, 6) is 0. The minimum absolute atomic E-state index is 0.0714. The number of nitrogens with zero attached hydrogens (tertiary/aromatic N) is 2. The van der Waals surface area contributed by atoms with Crippen LogP contribution in [0.5, 0.6) is 0 Å². The Hall–Kier alpha value is -2.39. The second kappa shape index (κ2) is 4.12. The van der Waals surface area contributed by atoms with Crippen LogP contribution in [-0.2, 0) is 5.41 Å². The Morgan fingerprint density at radius 1 is 1.00 bits per heavy atom. The molecule has 0 saturated carbocycles. The van der Waals surface area contributed by atoms with Crippen molar-refractivity contribution in [2.75, 3.05) is 0 Å². The van der Waals surface area contributed by atoms with E-state index in [1.165, 1.54) is 22.3 Å². The Labute approximate surface area is 138 Å². The van der Waals surface area contributed by atoms with E-state index in [9.17, 15) is 0 Å². The van der Waals surface area contributed by atoms with E-state index in [0.717, 1.165) is 21.9 Å². The Balaban J connectivity index is 2.02. The number of rotatable bonds is 0. The molecule has 23 heavy (non-hydrogen) atoms. The summed E-state index contributed by atoms with van der Waals surface area (Å²) < 4.78 is 0. The van der Waals surface area contributed by atoms with Gasteiger partial charge in [0.15, 0.2) is 0 Å². The highest BCUT2D eigenvalue weighted by Crippen LogP contribution is 2.52. The zero-order chi connectivity index (χ0) is 15.8. The molecule has 1 aliphatic rings. The van der Waals surface area contributed by atoms with E-state index in [2.05, 4.69) is 65.2 Å². The fraction of sp³-hybridized carbons (Fsp3) is 0.158. The van der Waals surface area contributed by atoms with Crippen molar-refractivity contribution in [1.29, 1.82) is 0 Å². The summed E-state index contributed by atoms with van der Waals surface area (Å²) in [7, 11) is 0. The number of benzene rings is 2. The van der Waals surface area contributed by atoms with Crippen molar-refractivity contribution < 1.29 is 0 Å². The largest absolute Gasteiger partial charge is 0.352 e. The van der Waals surface area contributed by atoms with Gasteiger partial charge in [-0.15, -0.1) is 0 Å². The molecule has 2 heterocycles. The van der Waals surface area contributed by atoms with E-state index in [1.807, 2.05) is 0 Å². The molecule has 4 heteroatoms. The molecular weight excluding hydrogens is 306 g/mol. The number of halogens is 1. The van der Waals surface area contributed by atoms with Crippen molar-refractivity contribution in [2.24, 2.45) is 0 Å². The molecule has 1 aliphatic carbocycles. The molecule has 0 bridgehead atoms. The predicted octanol–water partition coefficient (Wildman–Crippen LogP) is 5.07. The van der Waals surface area contributed by atoms with Gasteiger partial charge < -0.3 is 4.98 Å². The number of aromatic amines is 1. The van der Waals surface area contributed by atoms with E-state index in [4.69, 9.17) is 11.6 Å². The standard InChI is InChI=1S/C19H14ClN3/c1-19(2)12-6-4-3-5-10(12)11-7-8-13-15(16(11)19)17-14(22-13)9-21-18(20)23-17/h3-9,22H,1-2H3. The van der Waals surface area contributed by atoms with Gasteiger partial charge in [0, 0.05) is 16.3 Å². The Morgan fingerprint density at radius 2 is 1.83 bits per heavy atom. The molecule has 112 valence electrons. The molecule has 0 unspecified atom stereocenters. The summed E-state index contributed by atoms with van der Waals surface area (Å²) in [6.07, 6.45) is 1.76. The first kappa shape index (κ1) is 13.1. The number of aromatic nitrogens is 3. The monoisotopic (exact) mass is 319 g/mol. The molecule has 1 N–H and O–H groups in total. The summed E-state index contributed by atoms with van der Waals surface area (Å²) in [5.41, 5.74) is 8.10. The number of fused-ring (bicyclic) bond motifs is 7. The van der Waals surface area contributed by atoms with E-state index >= 15 is 0 Å². The van der Waals surface area contributed by atoms with Crippen molar-refractivity contribution in [2.45, 2.75) is 19.3 Å². The molecule has 0 aliphatic heterocycles. The number of hydrogen-bond acceptors (Lipinski definition) is 2. The molecule has 0 fully saturated rings. The van der Waals surface area contributed by atoms with Gasteiger partial charge in [-0.25, -0.2) is 9.97 Å². The van der Waals surface area contributed by atoms with Gasteiger partial charge in [0.05, 0.1) is 11.7 Å². The third-order valence-electron chi connectivity index (χ3n) is 4.99. The summed E-state index contributed by atoms with van der Waals surface area (Å²) in [6, 6.07) is 13.0. The summed E-state index contributed by atoms with van der Waals surface area (Å²) in [5, 5.41) is 1.44. The Morgan fingerprint density at radius 3 is 2.70 bits per heavy atom. The maximum absolute atomic E-state index is 6.05. The Bertz CT molecular complexity index is 1110. The zero-order valence-electron chi connectivity index (χ0n) is 12.8. The quantitative estimate of drug-likeness (QED) is 0.460. The first-order chi connectivity index (χ1) is 11.1. The SMILES string of the molecule is CC1(C)c2ccccc2-c2ccc3[nH]c4cnc(Cl)nc4c3c21. The highest BCUT2D eigenvalue weighted by molar-refractivity contribution is 6.29. The van der Waals surface area contributed by atoms with Crippen LogP contribution < -0.4 is 0 Å². The van der Waals surface area contributed by atoms with Gasteiger partial charge in [-0.1, -0.05) is 44.2 Å². The number of hydrogen-bond donors (Lipinski definition) is 1. The van der Waals surface area contributed by atoms with Gasteiger partial charge in [0.25, 0.3) is 0 Å². The predicted molar refractivity (Wildman–Crippen MR) is 94.0 cm³/mol. The smallest absolute Gasteiger partial charge is 0.223 e. The fourth-order valence-electron chi connectivity index (χ4n) is 4.01. The summed E-state index contributed by atoms with van der Waals surface area (Å²) in [6.45, 7) is 4.55. The van der Waals surface area contributed by atoms with Gasteiger partial charge in [-0.05, 0) is 39.9 Å². The number of H-pyrrole nitrogens is 1. The van der Waals surface area contributed by atoms with Crippen LogP contribution in [0, 0.1) is 0 Å². The van der Waals surface area contributed by atoms with E-state index < -0.39 is 0 Å². The zero-order valence-corrected chi connectivity index (χ0v) is 13.6. The van der Waals surface area contributed by atoms with E-state index in [0.29, 0.717) is 0 Å². The van der Waals surface area contributed by atoms with Crippen LogP contribution in [0.2, 0.25) is 5.28 Å². The molecule has 5 rings (SSSR count). The van der Waals surface area contributed by atoms with E-state index in [1.54, 1.807) is 6.20 Å². The third kappa shape index (κ3) is 1.55. The highest BCUT2D eigenvalue weighted by Gasteiger charge is 2.37. The summed E-state index contributed by atoms with van der Waals surface area (Å²) >= 11 is 6.05. The molecule has 3 nitrogen and oxygen atoms in total. The lowest BCUT2D eigenvalue weighted by atomic mass is 9.81. The normalized spacial score (nSPS) is 15.1. The van der Waals surface area contributed by atoms with Gasteiger partial charge in [-0.3, -0.25) is 0 Å². The van der Waals surface area contributed by atoms with Crippen LogP contribution in [0.3, 0.4) is 0 Å². The molecule has 0 spiro atoms. The highest BCUT2D eigenvalue weighted by atomic mass is 35.5. The first-order valence-corrected chi connectivity index (χ1v) is 8.02. The summed E-state index contributed by atoms with van der Waals surface area (Å²) in [4.78, 5) is 12.0. The van der Waals surface area contributed by atoms with Crippen LogP contribution in [0.15, 0.2) is 42.6 Å². The van der Waals surface area contributed by atoms with Crippen molar-refractivity contribution in [1.82, 2.24) is 15.0 Å². The minimum Gasteiger partial charge on any atom is -0.352 e. The Kier molecular flexibility index (Phi) is 2.34. The third-order valence-corrected chi connectivity index (χ3v) is 5.17. The van der Waals surface area contributed by atoms with Crippen molar-refractivity contribution in [3.05, 3.63) is 59.0 Å². The second-order valence-electron chi connectivity index (χ2n) is 6.61. The van der Waals surface area contributed by atoms with Gasteiger partial charge in [0.1, 0.15) is 5.52 Å². The van der Waals surface area contributed by atoms with Gasteiger partial charge in [0.2, 0.25) is 5.28 Å². The molecule has 4 aromatic rings.